The Bertz CT molecular complexity index is 653. The van der Waals surface area contributed by atoms with Crippen LogP contribution in [0.1, 0.15) is 6.23 Å². The molecule has 2 unspecified atom stereocenters. The van der Waals surface area contributed by atoms with Crippen molar-refractivity contribution >= 4 is 11.2 Å². The van der Waals surface area contributed by atoms with Gasteiger partial charge in [-0.1, -0.05) is 0 Å². The highest BCUT2D eigenvalue weighted by Crippen LogP contribution is 2.30. The van der Waals surface area contributed by atoms with Crippen molar-refractivity contribution in [2.75, 3.05) is 6.61 Å². The third-order valence-corrected chi connectivity index (χ3v) is 3.16. The highest BCUT2D eigenvalue weighted by atomic mass is 16.6. The molecule has 4 N–H and O–H groups in total. The van der Waals surface area contributed by atoms with Crippen LogP contribution in [0.25, 0.3) is 11.2 Å². The van der Waals surface area contributed by atoms with Gasteiger partial charge in [0, 0.05) is 0 Å². The fourth-order valence-electron chi connectivity index (χ4n) is 2.16. The topological polar surface area (TPSA) is 133 Å². The number of hydrogen-bond acceptors (Lipinski definition) is 7. The predicted molar refractivity (Wildman–Crippen MR) is 61.2 cm³/mol. The molecule has 1 aliphatic rings. The van der Waals surface area contributed by atoms with E-state index in [4.69, 9.17) is 9.84 Å². The van der Waals surface area contributed by atoms with Gasteiger partial charge in [-0.25, -0.2) is 9.97 Å². The van der Waals surface area contributed by atoms with E-state index in [-0.39, 0.29) is 11.2 Å². The number of nitrogens with one attached hydrogen (secondary N) is 1. The number of H-pyrrole nitrogens is 1. The molecule has 0 aliphatic carbocycles. The number of rotatable bonds is 2. The molecule has 1 aliphatic heterocycles. The number of imidazole rings is 1. The number of aliphatic hydroxyl groups is 3. The van der Waals surface area contributed by atoms with Crippen molar-refractivity contribution in [1.82, 2.24) is 19.5 Å². The smallest absolute Gasteiger partial charge is 0.278 e. The van der Waals surface area contributed by atoms with Gasteiger partial charge in [0.2, 0.25) is 0 Å². The third-order valence-electron chi connectivity index (χ3n) is 3.16. The molecule has 0 amide bonds. The van der Waals surface area contributed by atoms with Crippen molar-refractivity contribution in [2.45, 2.75) is 24.5 Å². The van der Waals surface area contributed by atoms with E-state index < -0.39 is 36.7 Å². The lowest BCUT2D eigenvalue weighted by Gasteiger charge is -2.16. The number of hydrogen-bond donors (Lipinski definition) is 4. The third kappa shape index (κ3) is 1.75. The minimum absolute atomic E-state index is 0.111. The Kier molecular flexibility index (Phi) is 2.82. The van der Waals surface area contributed by atoms with Gasteiger partial charge in [0.15, 0.2) is 17.4 Å². The van der Waals surface area contributed by atoms with Crippen LogP contribution in [0.15, 0.2) is 17.4 Å². The monoisotopic (exact) mass is 268 g/mol. The lowest BCUT2D eigenvalue weighted by atomic mass is 10.1. The zero-order valence-electron chi connectivity index (χ0n) is 9.67. The molecule has 9 heteroatoms. The maximum atomic E-state index is 11.5. The number of nitrogens with zero attached hydrogens (tertiary/aromatic N) is 3. The van der Waals surface area contributed by atoms with E-state index in [2.05, 4.69) is 15.0 Å². The van der Waals surface area contributed by atoms with E-state index in [1.54, 1.807) is 0 Å². The normalized spacial score (nSPS) is 31.1. The van der Waals surface area contributed by atoms with Crippen molar-refractivity contribution in [3.8, 4) is 0 Å². The van der Waals surface area contributed by atoms with Gasteiger partial charge in [0.1, 0.15) is 18.3 Å². The molecule has 19 heavy (non-hydrogen) atoms. The Labute approximate surface area is 106 Å². The molecule has 9 nitrogen and oxygen atoms in total. The number of aromatic amines is 1. The average molecular weight is 268 g/mol. The minimum Gasteiger partial charge on any atom is -0.394 e. The SMILES string of the molecule is O=c1[nH]cnc2c1ncn2C1OC(CO)[C@@H](O)[C@H]1O. The van der Waals surface area contributed by atoms with Gasteiger partial charge in [-0.15, -0.1) is 0 Å². The van der Waals surface area contributed by atoms with Crippen LogP contribution in [0.4, 0.5) is 0 Å². The van der Waals surface area contributed by atoms with Crippen LogP contribution in [0.3, 0.4) is 0 Å². The van der Waals surface area contributed by atoms with Crippen molar-refractivity contribution < 1.29 is 20.1 Å². The summed E-state index contributed by atoms with van der Waals surface area (Å²) in [5.41, 5.74) is -0.0608. The first-order valence-corrected chi connectivity index (χ1v) is 5.66. The molecule has 2 aromatic rings. The van der Waals surface area contributed by atoms with Crippen LogP contribution >= 0.6 is 0 Å². The van der Waals surface area contributed by atoms with Gasteiger partial charge in [-0.05, 0) is 0 Å². The van der Waals surface area contributed by atoms with Crippen molar-refractivity contribution in [3.05, 3.63) is 23.0 Å². The molecular formula is C10H12N4O5. The maximum absolute atomic E-state index is 11.5. The Morgan fingerprint density at radius 2 is 2.16 bits per heavy atom. The Morgan fingerprint density at radius 3 is 2.84 bits per heavy atom. The van der Waals surface area contributed by atoms with Gasteiger partial charge in [0.25, 0.3) is 5.56 Å². The molecule has 1 saturated heterocycles. The predicted octanol–water partition coefficient (Wildman–Crippen LogP) is -2.27. The van der Waals surface area contributed by atoms with Gasteiger partial charge in [-0.2, -0.15) is 0 Å². The summed E-state index contributed by atoms with van der Waals surface area (Å²) >= 11 is 0. The molecule has 0 aromatic carbocycles. The summed E-state index contributed by atoms with van der Waals surface area (Å²) in [6, 6.07) is 0. The zero-order chi connectivity index (χ0) is 13.6. The Morgan fingerprint density at radius 1 is 1.37 bits per heavy atom. The number of aromatic nitrogens is 4. The average Bonchev–Trinajstić information content (AvgIpc) is 2.94. The van der Waals surface area contributed by atoms with Crippen LogP contribution in [-0.4, -0.2) is 59.8 Å². The van der Waals surface area contributed by atoms with Crippen molar-refractivity contribution in [3.63, 3.8) is 0 Å². The molecule has 4 atom stereocenters. The first-order chi connectivity index (χ1) is 9.13. The van der Waals surface area contributed by atoms with E-state index in [9.17, 15) is 15.0 Å². The Hall–Kier alpha value is -1.81. The largest absolute Gasteiger partial charge is 0.394 e. The molecule has 3 heterocycles. The van der Waals surface area contributed by atoms with Crippen LogP contribution in [-0.2, 0) is 4.74 Å². The highest BCUT2D eigenvalue weighted by molar-refractivity contribution is 5.68. The molecule has 102 valence electrons. The highest BCUT2D eigenvalue weighted by Gasteiger charge is 2.43. The van der Waals surface area contributed by atoms with E-state index in [1.807, 2.05) is 0 Å². The summed E-state index contributed by atoms with van der Waals surface area (Å²) in [7, 11) is 0. The number of aliphatic hydroxyl groups excluding tert-OH is 3. The Balaban J connectivity index is 2.06. The molecule has 0 saturated carbocycles. The van der Waals surface area contributed by atoms with Gasteiger partial charge in [-0.3, -0.25) is 9.36 Å². The number of ether oxygens (including phenoxy) is 1. The van der Waals surface area contributed by atoms with Gasteiger partial charge < -0.3 is 25.0 Å². The van der Waals surface area contributed by atoms with Crippen LogP contribution in [0.5, 0.6) is 0 Å². The zero-order valence-corrected chi connectivity index (χ0v) is 9.67. The summed E-state index contributed by atoms with van der Waals surface area (Å²) in [5.74, 6) is 0. The summed E-state index contributed by atoms with van der Waals surface area (Å²) < 4.78 is 6.70. The van der Waals surface area contributed by atoms with E-state index in [0.29, 0.717) is 0 Å². The van der Waals surface area contributed by atoms with Gasteiger partial charge in [0.05, 0.1) is 19.3 Å². The molecule has 2 aromatic heterocycles. The maximum Gasteiger partial charge on any atom is 0.278 e. The fourth-order valence-corrected chi connectivity index (χ4v) is 2.16. The van der Waals surface area contributed by atoms with Crippen LogP contribution < -0.4 is 5.56 Å². The lowest BCUT2D eigenvalue weighted by Crippen LogP contribution is -2.33. The first-order valence-electron chi connectivity index (χ1n) is 5.66. The molecule has 0 radical (unpaired) electrons. The van der Waals surface area contributed by atoms with Crippen molar-refractivity contribution in [1.29, 1.82) is 0 Å². The van der Waals surface area contributed by atoms with Crippen LogP contribution in [0, 0.1) is 0 Å². The van der Waals surface area contributed by atoms with E-state index in [0.717, 1.165) is 0 Å². The van der Waals surface area contributed by atoms with E-state index in [1.165, 1.54) is 17.2 Å². The summed E-state index contributed by atoms with van der Waals surface area (Å²) in [6.07, 6.45) is -1.78. The first kappa shape index (κ1) is 12.2. The molecular weight excluding hydrogens is 256 g/mol. The second kappa shape index (κ2) is 4.38. The lowest BCUT2D eigenvalue weighted by molar-refractivity contribution is -0.0511. The van der Waals surface area contributed by atoms with E-state index >= 15 is 0 Å². The second-order valence-corrected chi connectivity index (χ2v) is 4.28. The molecule has 0 spiro atoms. The summed E-state index contributed by atoms with van der Waals surface area (Å²) in [4.78, 5) is 21.8. The summed E-state index contributed by atoms with van der Waals surface area (Å²) in [5, 5.41) is 28.6. The van der Waals surface area contributed by atoms with Crippen LogP contribution in [0.2, 0.25) is 0 Å². The van der Waals surface area contributed by atoms with Gasteiger partial charge >= 0.3 is 0 Å². The minimum atomic E-state index is -1.24. The second-order valence-electron chi connectivity index (χ2n) is 4.28. The quantitative estimate of drug-likeness (QED) is 0.482. The molecule has 0 bridgehead atoms. The summed E-state index contributed by atoms with van der Waals surface area (Å²) in [6.45, 7) is -0.421. The molecule has 1 fully saturated rings. The molecule has 3 rings (SSSR count). The standard InChI is InChI=1S/C10H12N4O5/c15-1-4-6(16)7(17)10(19-4)14-3-13-5-8(14)11-2-12-9(5)18/h2-4,6-7,10,15-17H,1H2,(H,11,12,18)/t4?,6-,7-,10?/m1/s1. The number of fused-ring (bicyclic) bond motifs is 1. The van der Waals surface area contributed by atoms with Crippen molar-refractivity contribution in [2.24, 2.45) is 0 Å². The fraction of sp³-hybridized carbons (Fsp3) is 0.500.